The zero-order valence-electron chi connectivity index (χ0n) is 26.2. The number of amides is 1. The molecule has 0 saturated carbocycles. The average Bonchev–Trinajstić information content (AvgIpc) is 3.66. The predicted octanol–water partition coefficient (Wildman–Crippen LogP) is 7.22. The van der Waals surface area contributed by atoms with E-state index in [4.69, 9.17) is 4.74 Å². The van der Waals surface area contributed by atoms with Crippen molar-refractivity contribution in [3.63, 3.8) is 0 Å². The van der Waals surface area contributed by atoms with Crippen LogP contribution in [0.5, 0.6) is 5.75 Å². The lowest BCUT2D eigenvalue weighted by molar-refractivity contribution is 0.102. The van der Waals surface area contributed by atoms with Crippen LogP contribution in [0.25, 0.3) is 16.7 Å². The number of unbranched alkanes of at least 4 members (excludes halogenated alkanes) is 1. The molecule has 0 aromatic carbocycles. The van der Waals surface area contributed by atoms with Gasteiger partial charge < -0.3 is 9.64 Å². The monoisotopic (exact) mass is 615 g/mol. The minimum Gasteiger partial charge on any atom is -0.494 e. The standard InChI is InChI=1S/C29H28FN7O2S.C4H10/c1-17(9-10-37(4)5)25-12-22(23-13-26(19(3)30)32-16-27(23)39-6)24(15-31-25)28(38)34-29-33-14-21(40-29)8-7-20-11-18(2)35-36-20;1-3-4-2/h9-16,19H,1H2,2-6H3,(H,35,36)(H,33,34,38);3-4H2,1-2H3/b10-9-;. The Morgan fingerprint density at radius 3 is 2.50 bits per heavy atom. The number of nitrogens with one attached hydrogen (secondary N) is 2. The number of aromatic amines is 1. The number of allylic oxidation sites excluding steroid dienone is 2. The van der Waals surface area contributed by atoms with Gasteiger partial charge in [-0.1, -0.05) is 44.6 Å². The molecule has 230 valence electrons. The maximum Gasteiger partial charge on any atom is 0.259 e. The van der Waals surface area contributed by atoms with Gasteiger partial charge in [-0.25, -0.2) is 9.37 Å². The quantitative estimate of drug-likeness (QED) is 0.151. The molecule has 0 saturated heterocycles. The number of aromatic nitrogens is 5. The number of ether oxygens (including phenoxy) is 1. The van der Waals surface area contributed by atoms with Crippen molar-refractivity contribution in [2.75, 3.05) is 26.5 Å². The van der Waals surface area contributed by atoms with Gasteiger partial charge in [0.05, 0.1) is 41.3 Å². The topological polar surface area (TPSA) is 109 Å². The number of carbonyl (C=O) groups is 1. The molecule has 1 amide bonds. The molecule has 2 N–H and O–H groups in total. The highest BCUT2D eigenvalue weighted by atomic mass is 32.1. The van der Waals surface area contributed by atoms with E-state index in [1.807, 2.05) is 44.3 Å². The van der Waals surface area contributed by atoms with Gasteiger partial charge in [0.15, 0.2) is 5.13 Å². The number of hydrogen-bond donors (Lipinski definition) is 2. The highest BCUT2D eigenvalue weighted by Gasteiger charge is 2.21. The maximum atomic E-state index is 14.2. The molecule has 1 unspecified atom stereocenters. The van der Waals surface area contributed by atoms with Crippen LogP contribution < -0.4 is 10.1 Å². The third-order valence-corrected chi connectivity index (χ3v) is 6.93. The normalized spacial score (nSPS) is 11.2. The molecule has 0 radical (unpaired) electrons. The SMILES string of the molecule is C=C(/C=C\N(C)C)c1cc(-c2cc(C(C)F)ncc2OC)c(C(=O)Nc2ncc(C#Cc3cc(C)[nH]n3)s2)cn1.CCCC. The Bertz CT molecular complexity index is 1680. The fraction of sp³-hybridized carbons (Fsp3) is 0.303. The number of carbonyl (C=O) groups excluding carboxylic acids is 1. The smallest absolute Gasteiger partial charge is 0.259 e. The molecule has 0 bridgehead atoms. The number of pyridine rings is 2. The number of nitrogens with zero attached hydrogens (tertiary/aromatic N) is 5. The number of anilines is 1. The number of thiazole rings is 1. The second-order valence-electron chi connectivity index (χ2n) is 10.0. The molecule has 0 spiro atoms. The summed E-state index contributed by atoms with van der Waals surface area (Å²) in [7, 11) is 5.28. The van der Waals surface area contributed by atoms with Crippen LogP contribution in [0.1, 0.15) is 77.8 Å². The largest absolute Gasteiger partial charge is 0.494 e. The molecule has 11 heteroatoms. The summed E-state index contributed by atoms with van der Waals surface area (Å²) >= 11 is 1.23. The summed E-state index contributed by atoms with van der Waals surface area (Å²) in [6.07, 6.45) is 9.46. The van der Waals surface area contributed by atoms with Gasteiger partial charge in [0.1, 0.15) is 17.6 Å². The third kappa shape index (κ3) is 9.34. The zero-order valence-corrected chi connectivity index (χ0v) is 27.0. The van der Waals surface area contributed by atoms with Crippen LogP contribution in [0.4, 0.5) is 9.52 Å². The molecule has 4 aromatic heterocycles. The number of alkyl halides is 1. The minimum absolute atomic E-state index is 0.210. The molecule has 1 atom stereocenters. The maximum absolute atomic E-state index is 14.2. The van der Waals surface area contributed by atoms with Crippen LogP contribution in [0.2, 0.25) is 0 Å². The van der Waals surface area contributed by atoms with Gasteiger partial charge >= 0.3 is 0 Å². The van der Waals surface area contributed by atoms with Crippen molar-refractivity contribution >= 4 is 27.9 Å². The molecule has 4 rings (SSSR count). The number of rotatable bonds is 9. The Morgan fingerprint density at radius 1 is 1.14 bits per heavy atom. The number of halogens is 1. The van der Waals surface area contributed by atoms with E-state index >= 15 is 0 Å². The van der Waals surface area contributed by atoms with E-state index < -0.39 is 12.1 Å². The van der Waals surface area contributed by atoms with E-state index in [1.165, 1.54) is 50.6 Å². The Hall–Kier alpha value is -4.82. The number of methoxy groups -OCH3 is 1. The molecular formula is C33H38FN7O2S. The van der Waals surface area contributed by atoms with Gasteiger partial charge in [-0.2, -0.15) is 5.10 Å². The molecule has 0 aliphatic heterocycles. The predicted molar refractivity (Wildman–Crippen MR) is 175 cm³/mol. The average molecular weight is 616 g/mol. The number of H-pyrrole nitrogens is 1. The van der Waals surface area contributed by atoms with Crippen LogP contribution in [-0.4, -0.2) is 57.2 Å². The van der Waals surface area contributed by atoms with Crippen LogP contribution in [0, 0.1) is 18.8 Å². The second-order valence-corrected chi connectivity index (χ2v) is 11.0. The molecule has 44 heavy (non-hydrogen) atoms. The summed E-state index contributed by atoms with van der Waals surface area (Å²) in [6, 6.07) is 5.14. The van der Waals surface area contributed by atoms with Gasteiger partial charge in [0.2, 0.25) is 0 Å². The van der Waals surface area contributed by atoms with Crippen LogP contribution in [-0.2, 0) is 0 Å². The van der Waals surface area contributed by atoms with Crippen LogP contribution in [0.3, 0.4) is 0 Å². The first kappa shape index (κ1) is 33.7. The van der Waals surface area contributed by atoms with Crippen molar-refractivity contribution in [3.8, 4) is 28.7 Å². The van der Waals surface area contributed by atoms with Crippen molar-refractivity contribution in [2.24, 2.45) is 0 Å². The molecule has 4 aromatic rings. The van der Waals surface area contributed by atoms with E-state index in [1.54, 1.807) is 18.3 Å². The summed E-state index contributed by atoms with van der Waals surface area (Å²) in [4.78, 5) is 28.9. The lowest BCUT2D eigenvalue weighted by Crippen LogP contribution is -2.14. The van der Waals surface area contributed by atoms with Crippen LogP contribution >= 0.6 is 11.3 Å². The lowest BCUT2D eigenvalue weighted by atomic mass is 9.97. The highest BCUT2D eigenvalue weighted by molar-refractivity contribution is 7.16. The number of aryl methyl sites for hydroxylation is 1. The van der Waals surface area contributed by atoms with E-state index in [0.29, 0.717) is 43.8 Å². The van der Waals surface area contributed by atoms with E-state index in [-0.39, 0.29) is 11.3 Å². The summed E-state index contributed by atoms with van der Waals surface area (Å²) in [5.74, 6) is 5.89. The zero-order chi connectivity index (χ0) is 32.2. The summed E-state index contributed by atoms with van der Waals surface area (Å²) in [6.45, 7) is 11.8. The molecule has 0 aliphatic carbocycles. The van der Waals surface area contributed by atoms with Gasteiger partial charge in [-0.05, 0) is 61.7 Å². The first-order valence-electron chi connectivity index (χ1n) is 14.1. The Labute approximate surface area is 262 Å². The summed E-state index contributed by atoms with van der Waals surface area (Å²) < 4.78 is 19.7. The van der Waals surface area contributed by atoms with Gasteiger partial charge in [0, 0.05) is 37.1 Å². The van der Waals surface area contributed by atoms with E-state index in [0.717, 1.165) is 5.69 Å². The fourth-order valence-corrected chi connectivity index (χ4v) is 4.24. The number of hydrogen-bond acceptors (Lipinski definition) is 8. The van der Waals surface area contributed by atoms with Gasteiger partial charge in [-0.15, -0.1) is 0 Å². The highest BCUT2D eigenvalue weighted by Crippen LogP contribution is 2.35. The molecule has 0 fully saturated rings. The molecular weight excluding hydrogens is 577 g/mol. The first-order valence-corrected chi connectivity index (χ1v) is 14.9. The first-order chi connectivity index (χ1) is 21.1. The lowest BCUT2D eigenvalue weighted by Gasteiger charge is -2.15. The van der Waals surface area contributed by atoms with Crippen molar-refractivity contribution in [1.29, 1.82) is 0 Å². The van der Waals surface area contributed by atoms with E-state index in [9.17, 15) is 9.18 Å². The fourth-order valence-electron chi connectivity index (χ4n) is 3.57. The molecule has 0 aliphatic rings. The van der Waals surface area contributed by atoms with Crippen molar-refractivity contribution in [1.82, 2.24) is 30.0 Å². The van der Waals surface area contributed by atoms with Crippen LogP contribution in [0.15, 0.2) is 55.6 Å². The molecule has 4 heterocycles. The van der Waals surface area contributed by atoms with Gasteiger partial charge in [0.25, 0.3) is 5.91 Å². The van der Waals surface area contributed by atoms with Crippen molar-refractivity contribution in [3.05, 3.63) is 88.9 Å². The third-order valence-electron chi connectivity index (χ3n) is 6.10. The Balaban J connectivity index is 0.00000124. The molecule has 9 nitrogen and oxygen atoms in total. The van der Waals surface area contributed by atoms with Gasteiger partial charge in [-0.3, -0.25) is 25.2 Å². The van der Waals surface area contributed by atoms with Crippen molar-refractivity contribution in [2.45, 2.75) is 46.7 Å². The Morgan fingerprint density at radius 2 is 1.89 bits per heavy atom. The van der Waals surface area contributed by atoms with E-state index in [2.05, 4.69) is 62.7 Å². The second kappa shape index (κ2) is 16.1. The van der Waals surface area contributed by atoms with Crippen molar-refractivity contribution < 1.29 is 13.9 Å². The minimum atomic E-state index is -1.32. The Kier molecular flexibility index (Phi) is 12.4. The summed E-state index contributed by atoms with van der Waals surface area (Å²) in [5.41, 5.74) is 4.12. The summed E-state index contributed by atoms with van der Waals surface area (Å²) in [5, 5.41) is 10.1.